The second-order valence-corrected chi connectivity index (χ2v) is 4.82. The molecule has 0 radical (unpaired) electrons. The molecule has 1 aromatic rings. The Morgan fingerprint density at radius 3 is 2.84 bits per heavy atom. The molecule has 1 aliphatic heterocycles. The number of hydrogen-bond donors (Lipinski definition) is 4. The Hall–Kier alpha value is -1.92. The molecule has 6 heteroatoms. The first kappa shape index (κ1) is 13.5. The Labute approximate surface area is 112 Å². The van der Waals surface area contributed by atoms with Crippen LogP contribution in [0.1, 0.15) is 11.3 Å². The maximum atomic E-state index is 12.1. The fourth-order valence-electron chi connectivity index (χ4n) is 2.02. The van der Waals surface area contributed by atoms with Gasteiger partial charge >= 0.3 is 0 Å². The van der Waals surface area contributed by atoms with Crippen LogP contribution in [-0.2, 0) is 4.79 Å². The van der Waals surface area contributed by atoms with Gasteiger partial charge in [0, 0.05) is 17.9 Å². The van der Waals surface area contributed by atoms with E-state index in [9.17, 15) is 4.79 Å². The number of hydrogen-bond acceptors (Lipinski definition) is 5. The minimum atomic E-state index is -0.470. The molecule has 6 nitrogen and oxygen atoms in total. The van der Waals surface area contributed by atoms with Gasteiger partial charge in [0.15, 0.2) is 0 Å². The van der Waals surface area contributed by atoms with E-state index in [2.05, 4.69) is 15.6 Å². The van der Waals surface area contributed by atoms with E-state index in [0.717, 1.165) is 11.3 Å². The number of nitrogens with zero attached hydrogens (tertiary/aromatic N) is 1. The maximum absolute atomic E-state index is 12.1. The third kappa shape index (κ3) is 3.30. The minimum absolute atomic E-state index is 0.188. The summed E-state index contributed by atoms with van der Waals surface area (Å²) in [5, 5.41) is 5.80. The van der Waals surface area contributed by atoms with Crippen LogP contribution in [0, 0.1) is 13.8 Å². The van der Waals surface area contributed by atoms with Crippen molar-refractivity contribution < 1.29 is 4.79 Å². The molecule has 0 aromatic carbocycles. The molecule has 0 aliphatic carbocycles. The number of pyridine rings is 1. The predicted molar refractivity (Wildman–Crippen MR) is 74.4 cm³/mol. The highest BCUT2D eigenvalue weighted by Gasteiger charge is 2.23. The zero-order valence-electron chi connectivity index (χ0n) is 11.1. The molecule has 0 spiro atoms. The average Bonchev–Trinajstić information content (AvgIpc) is 2.31. The Balaban J connectivity index is 2.09. The summed E-state index contributed by atoms with van der Waals surface area (Å²) in [6.45, 7) is 4.33. The van der Waals surface area contributed by atoms with Crippen LogP contribution in [0.4, 0.5) is 5.82 Å². The predicted octanol–water partition coefficient (Wildman–Crippen LogP) is -0.221. The summed E-state index contributed by atoms with van der Waals surface area (Å²) in [5.74, 6) is 0.360. The first-order valence-electron chi connectivity index (χ1n) is 6.18. The number of anilines is 1. The fraction of sp³-hybridized carbons (Fsp3) is 0.385. The normalized spacial score (nSPS) is 22.8. The number of aromatic nitrogens is 1. The van der Waals surface area contributed by atoms with Crippen LogP contribution >= 0.6 is 0 Å². The molecule has 2 unspecified atom stereocenters. The first-order valence-corrected chi connectivity index (χ1v) is 6.18. The van der Waals surface area contributed by atoms with E-state index in [0.29, 0.717) is 18.1 Å². The van der Waals surface area contributed by atoms with Gasteiger partial charge in [-0.1, -0.05) is 0 Å². The molecule has 0 saturated carbocycles. The van der Waals surface area contributed by atoms with Crippen LogP contribution in [-0.4, -0.2) is 29.5 Å². The lowest BCUT2D eigenvalue weighted by Crippen LogP contribution is -2.51. The molecule has 0 bridgehead atoms. The van der Waals surface area contributed by atoms with Gasteiger partial charge in [-0.15, -0.1) is 0 Å². The lowest BCUT2D eigenvalue weighted by atomic mass is 10.1. The van der Waals surface area contributed by atoms with E-state index in [1.807, 2.05) is 26.0 Å². The van der Waals surface area contributed by atoms with E-state index in [1.165, 1.54) is 0 Å². The summed E-state index contributed by atoms with van der Waals surface area (Å²) < 4.78 is 0. The standard InChI is InChI=1S/C13H19N5O/c1-7-3-8(2)17-12(4-7)18-13(19)11-5-9(14)10(15)6-16-11/h3-5,10-11,16H,6,14-15H2,1-2H3,(H,17,18,19). The summed E-state index contributed by atoms with van der Waals surface area (Å²) in [4.78, 5) is 16.4. The Morgan fingerprint density at radius 1 is 1.47 bits per heavy atom. The van der Waals surface area contributed by atoms with Gasteiger partial charge in [-0.25, -0.2) is 4.98 Å². The van der Waals surface area contributed by atoms with E-state index < -0.39 is 6.04 Å². The molecule has 2 heterocycles. The fourth-order valence-corrected chi connectivity index (χ4v) is 2.02. The van der Waals surface area contributed by atoms with Gasteiger partial charge in [-0.3, -0.25) is 4.79 Å². The first-order chi connectivity index (χ1) is 8.95. The third-order valence-electron chi connectivity index (χ3n) is 2.98. The molecule has 1 amide bonds. The zero-order valence-corrected chi connectivity index (χ0v) is 11.1. The molecule has 1 aromatic heterocycles. The van der Waals surface area contributed by atoms with Crippen molar-refractivity contribution in [2.45, 2.75) is 25.9 Å². The minimum Gasteiger partial charge on any atom is -0.401 e. The van der Waals surface area contributed by atoms with Crippen molar-refractivity contribution in [1.29, 1.82) is 0 Å². The van der Waals surface area contributed by atoms with Crippen molar-refractivity contribution in [3.05, 3.63) is 35.2 Å². The maximum Gasteiger partial charge on any atom is 0.246 e. The van der Waals surface area contributed by atoms with E-state index in [4.69, 9.17) is 11.5 Å². The van der Waals surface area contributed by atoms with Gasteiger partial charge in [0.1, 0.15) is 11.9 Å². The van der Waals surface area contributed by atoms with Gasteiger partial charge in [0.05, 0.1) is 6.04 Å². The number of carbonyl (C=O) groups excluding carboxylic acids is 1. The topological polar surface area (TPSA) is 106 Å². The number of amides is 1. The average molecular weight is 261 g/mol. The highest BCUT2D eigenvalue weighted by atomic mass is 16.2. The lowest BCUT2D eigenvalue weighted by Gasteiger charge is -2.24. The summed E-state index contributed by atoms with van der Waals surface area (Å²) in [7, 11) is 0. The molecule has 0 saturated heterocycles. The molecular weight excluding hydrogens is 242 g/mol. The van der Waals surface area contributed by atoms with Crippen molar-refractivity contribution in [2.24, 2.45) is 11.5 Å². The molecular formula is C13H19N5O. The second-order valence-electron chi connectivity index (χ2n) is 4.82. The molecule has 102 valence electrons. The number of nitrogens with two attached hydrogens (primary N) is 2. The van der Waals surface area contributed by atoms with E-state index in [-0.39, 0.29) is 11.9 Å². The number of carbonyl (C=O) groups is 1. The van der Waals surface area contributed by atoms with Crippen LogP contribution < -0.4 is 22.1 Å². The van der Waals surface area contributed by atoms with Crippen LogP contribution in [0.5, 0.6) is 0 Å². The summed E-state index contributed by atoms with van der Waals surface area (Å²) >= 11 is 0. The van der Waals surface area contributed by atoms with Crippen molar-refractivity contribution in [3.63, 3.8) is 0 Å². The summed E-state index contributed by atoms with van der Waals surface area (Å²) in [6, 6.07) is 3.07. The van der Waals surface area contributed by atoms with Gasteiger partial charge in [-0.2, -0.15) is 0 Å². The van der Waals surface area contributed by atoms with Gasteiger partial charge < -0.3 is 22.1 Å². The Bertz CT molecular complexity index is 506. The van der Waals surface area contributed by atoms with Crippen LogP contribution in [0.15, 0.2) is 23.9 Å². The zero-order chi connectivity index (χ0) is 14.0. The van der Waals surface area contributed by atoms with Crippen molar-refractivity contribution in [2.75, 3.05) is 11.9 Å². The monoisotopic (exact) mass is 261 g/mol. The SMILES string of the molecule is Cc1cc(C)nc(NC(=O)C2C=C(N)C(N)CN2)c1. The quantitative estimate of drug-likeness (QED) is 0.589. The Kier molecular flexibility index (Phi) is 3.82. The number of nitrogens with one attached hydrogen (secondary N) is 2. The van der Waals surface area contributed by atoms with E-state index in [1.54, 1.807) is 6.08 Å². The largest absolute Gasteiger partial charge is 0.401 e. The van der Waals surface area contributed by atoms with Crippen molar-refractivity contribution >= 4 is 11.7 Å². The van der Waals surface area contributed by atoms with Crippen molar-refractivity contribution in [1.82, 2.24) is 10.3 Å². The molecule has 2 rings (SSSR count). The molecule has 6 N–H and O–H groups in total. The van der Waals surface area contributed by atoms with Gasteiger partial charge in [0.25, 0.3) is 0 Å². The van der Waals surface area contributed by atoms with Crippen molar-refractivity contribution in [3.8, 4) is 0 Å². The Morgan fingerprint density at radius 2 is 2.21 bits per heavy atom. The van der Waals surface area contributed by atoms with Gasteiger partial charge in [-0.05, 0) is 37.6 Å². The van der Waals surface area contributed by atoms with Crippen LogP contribution in [0.25, 0.3) is 0 Å². The number of rotatable bonds is 2. The lowest BCUT2D eigenvalue weighted by molar-refractivity contribution is -0.117. The molecule has 19 heavy (non-hydrogen) atoms. The van der Waals surface area contributed by atoms with Gasteiger partial charge in [0.2, 0.25) is 5.91 Å². The van der Waals surface area contributed by atoms with Crippen LogP contribution in [0.3, 0.4) is 0 Å². The highest BCUT2D eigenvalue weighted by molar-refractivity contribution is 5.95. The highest BCUT2D eigenvalue weighted by Crippen LogP contribution is 2.10. The molecule has 0 fully saturated rings. The summed E-state index contributed by atoms with van der Waals surface area (Å²) in [5.41, 5.74) is 13.9. The number of aryl methyl sites for hydroxylation is 2. The third-order valence-corrected chi connectivity index (χ3v) is 2.98. The second kappa shape index (κ2) is 5.38. The van der Waals surface area contributed by atoms with Crippen LogP contribution in [0.2, 0.25) is 0 Å². The molecule has 1 aliphatic rings. The van der Waals surface area contributed by atoms with E-state index >= 15 is 0 Å². The smallest absolute Gasteiger partial charge is 0.246 e. The molecule has 2 atom stereocenters. The summed E-state index contributed by atoms with van der Waals surface area (Å²) in [6.07, 6.45) is 1.64.